The molecule has 0 aliphatic carbocycles. The Morgan fingerprint density at radius 3 is 3.00 bits per heavy atom. The molecule has 1 aliphatic heterocycles. The Bertz CT molecular complexity index is 408. The molecule has 0 radical (unpaired) electrons. The molecule has 2 rings (SSSR count). The van der Waals surface area contributed by atoms with E-state index in [0.717, 1.165) is 31.6 Å². The molecule has 1 unspecified atom stereocenters. The summed E-state index contributed by atoms with van der Waals surface area (Å²) in [6.07, 6.45) is 4.22. The van der Waals surface area contributed by atoms with Gasteiger partial charge in [-0.15, -0.1) is 0 Å². The van der Waals surface area contributed by atoms with Gasteiger partial charge in [-0.05, 0) is 37.9 Å². The predicted molar refractivity (Wildman–Crippen MR) is 69.1 cm³/mol. The van der Waals surface area contributed by atoms with E-state index in [4.69, 9.17) is 0 Å². The van der Waals surface area contributed by atoms with Crippen molar-refractivity contribution in [2.45, 2.75) is 32.7 Å². The Morgan fingerprint density at radius 2 is 2.39 bits per heavy atom. The van der Waals surface area contributed by atoms with E-state index in [2.05, 4.69) is 9.88 Å². The molecule has 0 bridgehead atoms. The zero-order valence-electron chi connectivity index (χ0n) is 10.8. The molecule has 0 spiro atoms. The molecule has 0 saturated carbocycles. The smallest absolute Gasteiger partial charge is 0.310 e. The van der Waals surface area contributed by atoms with Crippen LogP contribution in [0, 0.1) is 5.41 Å². The summed E-state index contributed by atoms with van der Waals surface area (Å²) in [5, 5.41) is 9.43. The molecule has 1 saturated heterocycles. The van der Waals surface area contributed by atoms with E-state index in [0.29, 0.717) is 13.0 Å². The van der Waals surface area contributed by atoms with Gasteiger partial charge in [0.25, 0.3) is 0 Å². The molecule has 1 aromatic rings. The minimum atomic E-state index is -0.657. The van der Waals surface area contributed by atoms with Gasteiger partial charge in [0, 0.05) is 19.3 Å². The van der Waals surface area contributed by atoms with E-state index >= 15 is 0 Å². The van der Waals surface area contributed by atoms with Crippen LogP contribution in [-0.4, -0.2) is 34.0 Å². The fraction of sp³-hybridized carbons (Fsp3) is 0.571. The van der Waals surface area contributed by atoms with Crippen LogP contribution in [0.1, 0.15) is 31.9 Å². The molecular weight excluding hydrogens is 228 g/mol. The van der Waals surface area contributed by atoms with Gasteiger partial charge >= 0.3 is 5.97 Å². The Kier molecular flexibility index (Phi) is 3.97. The Hall–Kier alpha value is -1.42. The summed E-state index contributed by atoms with van der Waals surface area (Å²) >= 11 is 0. The predicted octanol–water partition coefficient (Wildman–Crippen LogP) is 2.16. The maximum absolute atomic E-state index is 11.5. The summed E-state index contributed by atoms with van der Waals surface area (Å²) in [6.45, 7) is 4.31. The average molecular weight is 248 g/mol. The summed E-state index contributed by atoms with van der Waals surface area (Å²) in [5.41, 5.74) is 0.447. The molecule has 98 valence electrons. The molecule has 0 aromatic carbocycles. The minimum Gasteiger partial charge on any atom is -0.481 e. The van der Waals surface area contributed by atoms with Crippen molar-refractivity contribution in [2.24, 2.45) is 5.41 Å². The number of piperidine rings is 1. The molecule has 4 heteroatoms. The Balaban J connectivity index is 2.05. The first-order chi connectivity index (χ1) is 8.66. The summed E-state index contributed by atoms with van der Waals surface area (Å²) in [7, 11) is 0. The second-order valence-electron chi connectivity index (χ2n) is 5.07. The van der Waals surface area contributed by atoms with E-state index < -0.39 is 11.4 Å². The second-order valence-corrected chi connectivity index (χ2v) is 5.07. The highest BCUT2D eigenvalue weighted by atomic mass is 16.4. The van der Waals surface area contributed by atoms with Crippen LogP contribution in [-0.2, 0) is 11.3 Å². The highest BCUT2D eigenvalue weighted by Gasteiger charge is 2.40. The lowest BCUT2D eigenvalue weighted by molar-refractivity contribution is -0.153. The van der Waals surface area contributed by atoms with Crippen molar-refractivity contribution in [1.82, 2.24) is 9.88 Å². The third kappa shape index (κ3) is 2.70. The number of hydrogen-bond donors (Lipinski definition) is 1. The van der Waals surface area contributed by atoms with Gasteiger partial charge in [0.15, 0.2) is 0 Å². The number of carboxylic acid groups (broad SMARTS) is 1. The SMILES string of the molecule is CCC1(C(=O)O)CCCN(Cc2ccccn2)C1. The number of aliphatic carboxylic acids is 1. The van der Waals surface area contributed by atoms with Crippen LogP contribution in [0.25, 0.3) is 0 Å². The summed E-state index contributed by atoms with van der Waals surface area (Å²) in [5.74, 6) is -0.657. The molecule has 0 amide bonds. The standard InChI is InChI=1S/C14H20N2O2/c1-2-14(13(17)18)7-5-9-16(11-14)10-12-6-3-4-8-15-12/h3-4,6,8H,2,5,7,9-11H2,1H3,(H,17,18). The Labute approximate surface area is 108 Å². The van der Waals surface area contributed by atoms with Crippen molar-refractivity contribution in [3.8, 4) is 0 Å². The van der Waals surface area contributed by atoms with E-state index in [1.54, 1.807) is 6.20 Å². The number of rotatable bonds is 4. The van der Waals surface area contributed by atoms with Crippen LogP contribution in [0.15, 0.2) is 24.4 Å². The van der Waals surface area contributed by atoms with Crippen LogP contribution >= 0.6 is 0 Å². The second kappa shape index (κ2) is 5.48. The monoisotopic (exact) mass is 248 g/mol. The van der Waals surface area contributed by atoms with Crippen molar-refractivity contribution in [3.05, 3.63) is 30.1 Å². The van der Waals surface area contributed by atoms with Crippen molar-refractivity contribution >= 4 is 5.97 Å². The Morgan fingerprint density at radius 1 is 1.56 bits per heavy atom. The van der Waals surface area contributed by atoms with Crippen molar-refractivity contribution in [1.29, 1.82) is 0 Å². The van der Waals surface area contributed by atoms with Crippen LogP contribution in [0.5, 0.6) is 0 Å². The highest BCUT2D eigenvalue weighted by molar-refractivity contribution is 5.75. The first-order valence-electron chi connectivity index (χ1n) is 6.52. The summed E-state index contributed by atoms with van der Waals surface area (Å²) in [4.78, 5) is 18.0. The first kappa shape index (κ1) is 13.0. The topological polar surface area (TPSA) is 53.4 Å². The lowest BCUT2D eigenvalue weighted by Gasteiger charge is -2.39. The number of nitrogens with zero attached hydrogens (tertiary/aromatic N) is 2. The van der Waals surface area contributed by atoms with Crippen molar-refractivity contribution in [2.75, 3.05) is 13.1 Å². The largest absolute Gasteiger partial charge is 0.481 e. The zero-order valence-corrected chi connectivity index (χ0v) is 10.8. The number of carboxylic acids is 1. The third-order valence-corrected chi connectivity index (χ3v) is 3.90. The van der Waals surface area contributed by atoms with Gasteiger partial charge < -0.3 is 5.11 Å². The van der Waals surface area contributed by atoms with Gasteiger partial charge in [-0.3, -0.25) is 14.7 Å². The molecule has 1 atom stereocenters. The molecule has 2 heterocycles. The van der Waals surface area contributed by atoms with Gasteiger partial charge in [0.05, 0.1) is 11.1 Å². The van der Waals surface area contributed by atoms with Crippen LogP contribution in [0.3, 0.4) is 0 Å². The van der Waals surface area contributed by atoms with Crippen molar-refractivity contribution < 1.29 is 9.90 Å². The zero-order chi connectivity index (χ0) is 13.0. The number of carbonyl (C=O) groups is 1. The number of likely N-dealkylation sites (tertiary alicyclic amines) is 1. The van der Waals surface area contributed by atoms with E-state index in [9.17, 15) is 9.90 Å². The van der Waals surface area contributed by atoms with Gasteiger partial charge in [0.1, 0.15) is 0 Å². The van der Waals surface area contributed by atoms with E-state index in [1.807, 2.05) is 25.1 Å². The first-order valence-corrected chi connectivity index (χ1v) is 6.52. The number of pyridine rings is 1. The fourth-order valence-corrected chi connectivity index (χ4v) is 2.70. The maximum Gasteiger partial charge on any atom is 0.310 e. The molecule has 1 N–H and O–H groups in total. The molecule has 4 nitrogen and oxygen atoms in total. The van der Waals surface area contributed by atoms with Gasteiger partial charge in [0.2, 0.25) is 0 Å². The van der Waals surface area contributed by atoms with Gasteiger partial charge in [-0.1, -0.05) is 13.0 Å². The number of hydrogen-bond acceptors (Lipinski definition) is 3. The lowest BCUT2D eigenvalue weighted by atomic mass is 9.77. The quantitative estimate of drug-likeness (QED) is 0.887. The molecule has 1 fully saturated rings. The summed E-state index contributed by atoms with van der Waals surface area (Å²) in [6, 6.07) is 5.85. The van der Waals surface area contributed by atoms with Crippen molar-refractivity contribution in [3.63, 3.8) is 0 Å². The molecular formula is C14H20N2O2. The molecule has 1 aromatic heterocycles. The molecule has 1 aliphatic rings. The lowest BCUT2D eigenvalue weighted by Crippen LogP contribution is -2.47. The van der Waals surface area contributed by atoms with E-state index in [-0.39, 0.29) is 0 Å². The minimum absolute atomic E-state index is 0.562. The van der Waals surface area contributed by atoms with Crippen LogP contribution < -0.4 is 0 Å². The summed E-state index contributed by atoms with van der Waals surface area (Å²) < 4.78 is 0. The number of aromatic nitrogens is 1. The maximum atomic E-state index is 11.5. The van der Waals surface area contributed by atoms with Gasteiger partial charge in [-0.25, -0.2) is 0 Å². The third-order valence-electron chi connectivity index (χ3n) is 3.90. The average Bonchev–Trinajstić information content (AvgIpc) is 2.40. The van der Waals surface area contributed by atoms with Gasteiger partial charge in [-0.2, -0.15) is 0 Å². The highest BCUT2D eigenvalue weighted by Crippen LogP contribution is 2.34. The normalized spacial score (nSPS) is 24.9. The van der Waals surface area contributed by atoms with E-state index in [1.165, 1.54) is 0 Å². The van der Waals surface area contributed by atoms with Crippen LogP contribution in [0.4, 0.5) is 0 Å². The van der Waals surface area contributed by atoms with Crippen LogP contribution in [0.2, 0.25) is 0 Å². The molecule has 18 heavy (non-hydrogen) atoms. The fourth-order valence-electron chi connectivity index (χ4n) is 2.70.